The molecule has 0 aliphatic rings. The van der Waals surface area contributed by atoms with Crippen LogP contribution >= 0.6 is 0 Å². The number of rotatable bonds is 9. The second kappa shape index (κ2) is 8.16. The molecule has 114 valence electrons. The maximum absolute atomic E-state index is 11.4. The Morgan fingerprint density at radius 3 is 2.33 bits per heavy atom. The Balaban J connectivity index is 2.42. The number of hydrogen-bond donors (Lipinski definition) is 2. The topological polar surface area (TPSA) is 107 Å². The summed E-state index contributed by atoms with van der Waals surface area (Å²) < 4.78 is 5.30. The molecule has 21 heavy (non-hydrogen) atoms. The lowest BCUT2D eigenvalue weighted by atomic mass is 10.1. The van der Waals surface area contributed by atoms with Crippen molar-refractivity contribution in [3.8, 4) is 5.75 Å². The highest BCUT2D eigenvalue weighted by Crippen LogP contribution is 2.13. The van der Waals surface area contributed by atoms with Crippen LogP contribution in [-0.4, -0.2) is 35.3 Å². The first kappa shape index (κ1) is 16.8. The van der Waals surface area contributed by atoms with Crippen LogP contribution in [0.5, 0.6) is 5.75 Å². The van der Waals surface area contributed by atoms with E-state index < -0.39 is 12.0 Å². The molecule has 1 atom stereocenters. The van der Waals surface area contributed by atoms with Crippen LogP contribution in [0.3, 0.4) is 0 Å². The van der Waals surface area contributed by atoms with E-state index in [9.17, 15) is 14.4 Å². The number of Topliss-reactive ketones (excluding diaryl/α,β-unsaturated/α-hetero) is 2. The Labute approximate surface area is 122 Å². The minimum Gasteiger partial charge on any atom is -0.486 e. The Kier molecular flexibility index (Phi) is 6.55. The first-order chi connectivity index (χ1) is 9.88. The summed E-state index contributed by atoms with van der Waals surface area (Å²) in [6, 6.07) is 5.78. The van der Waals surface area contributed by atoms with E-state index in [0.29, 0.717) is 5.75 Å². The van der Waals surface area contributed by atoms with Gasteiger partial charge in [0.05, 0.1) is 0 Å². The molecule has 0 spiro atoms. The number of hydrogen-bond acceptors (Lipinski definition) is 5. The maximum Gasteiger partial charge on any atom is 0.320 e. The second-order valence-corrected chi connectivity index (χ2v) is 4.82. The molecule has 0 saturated heterocycles. The first-order valence-corrected chi connectivity index (χ1v) is 6.59. The lowest BCUT2D eigenvalue weighted by Crippen LogP contribution is -2.32. The highest BCUT2D eigenvalue weighted by atomic mass is 16.5. The van der Waals surface area contributed by atoms with Gasteiger partial charge in [0.2, 0.25) is 0 Å². The maximum atomic E-state index is 11.4. The number of aliphatic carboxylic acids is 1. The molecule has 6 heteroatoms. The molecule has 6 nitrogen and oxygen atoms in total. The van der Waals surface area contributed by atoms with E-state index in [1.54, 1.807) is 24.3 Å². The van der Waals surface area contributed by atoms with Gasteiger partial charge in [-0.25, -0.2) is 0 Å². The van der Waals surface area contributed by atoms with E-state index in [4.69, 9.17) is 15.6 Å². The number of carboxylic acids is 1. The van der Waals surface area contributed by atoms with Crippen molar-refractivity contribution in [2.75, 3.05) is 6.61 Å². The van der Waals surface area contributed by atoms with Gasteiger partial charge in [-0.1, -0.05) is 12.1 Å². The standard InChI is InChI=1S/C15H19NO5/c1-10(17)2-5-12(18)9-21-13-6-3-11(4-7-13)8-14(16)15(19)20/h3-4,6-7,14H,2,5,8-9,16H2,1H3,(H,19,20). The first-order valence-electron chi connectivity index (χ1n) is 6.59. The summed E-state index contributed by atoms with van der Waals surface area (Å²) in [4.78, 5) is 32.8. The molecule has 0 aliphatic carbocycles. The molecule has 1 rings (SSSR count). The van der Waals surface area contributed by atoms with Crippen molar-refractivity contribution in [2.45, 2.75) is 32.2 Å². The number of ketones is 2. The van der Waals surface area contributed by atoms with E-state index in [-0.39, 0.29) is 37.4 Å². The molecule has 0 radical (unpaired) electrons. The number of carboxylic acid groups (broad SMARTS) is 1. The third kappa shape index (κ3) is 6.67. The van der Waals surface area contributed by atoms with Crippen LogP contribution in [0.15, 0.2) is 24.3 Å². The van der Waals surface area contributed by atoms with E-state index >= 15 is 0 Å². The molecule has 0 saturated carbocycles. The van der Waals surface area contributed by atoms with Crippen molar-refractivity contribution >= 4 is 17.5 Å². The Morgan fingerprint density at radius 2 is 1.81 bits per heavy atom. The normalized spacial score (nSPS) is 11.7. The molecule has 0 heterocycles. The predicted octanol–water partition coefficient (Wildman–Crippen LogP) is 0.958. The van der Waals surface area contributed by atoms with Crippen molar-refractivity contribution in [3.05, 3.63) is 29.8 Å². The average Bonchev–Trinajstić information content (AvgIpc) is 2.44. The number of carbonyl (C=O) groups is 3. The fourth-order valence-corrected chi connectivity index (χ4v) is 1.61. The Morgan fingerprint density at radius 1 is 1.19 bits per heavy atom. The van der Waals surface area contributed by atoms with Crippen LogP contribution in [0.1, 0.15) is 25.3 Å². The lowest BCUT2D eigenvalue weighted by Gasteiger charge is -2.08. The average molecular weight is 293 g/mol. The highest BCUT2D eigenvalue weighted by molar-refractivity contribution is 5.85. The van der Waals surface area contributed by atoms with E-state index in [1.807, 2.05) is 0 Å². The van der Waals surface area contributed by atoms with Gasteiger partial charge in [-0.05, 0) is 31.0 Å². The van der Waals surface area contributed by atoms with Crippen LogP contribution in [0.2, 0.25) is 0 Å². The summed E-state index contributed by atoms with van der Waals surface area (Å²) in [5, 5.41) is 8.72. The molecule has 1 aromatic rings. The fraction of sp³-hybridized carbons (Fsp3) is 0.400. The van der Waals surface area contributed by atoms with Crippen molar-refractivity contribution < 1.29 is 24.2 Å². The van der Waals surface area contributed by atoms with E-state index in [1.165, 1.54) is 6.92 Å². The summed E-state index contributed by atoms with van der Waals surface area (Å²) in [5.41, 5.74) is 6.22. The van der Waals surface area contributed by atoms with Gasteiger partial charge >= 0.3 is 5.97 Å². The number of carbonyl (C=O) groups excluding carboxylic acids is 2. The molecular formula is C15H19NO5. The Bertz CT molecular complexity index is 509. The highest BCUT2D eigenvalue weighted by Gasteiger charge is 2.12. The molecule has 1 aromatic carbocycles. The summed E-state index contributed by atoms with van der Waals surface area (Å²) >= 11 is 0. The third-order valence-corrected chi connectivity index (χ3v) is 2.85. The quantitative estimate of drug-likeness (QED) is 0.702. The van der Waals surface area contributed by atoms with Crippen molar-refractivity contribution in [2.24, 2.45) is 5.73 Å². The van der Waals surface area contributed by atoms with Crippen LogP contribution in [0.25, 0.3) is 0 Å². The summed E-state index contributed by atoms with van der Waals surface area (Å²) in [6.45, 7) is 1.36. The monoisotopic (exact) mass is 293 g/mol. The van der Waals surface area contributed by atoms with Gasteiger partial charge in [0.1, 0.15) is 24.2 Å². The van der Waals surface area contributed by atoms with Gasteiger partial charge in [0.25, 0.3) is 0 Å². The predicted molar refractivity (Wildman–Crippen MR) is 76.2 cm³/mol. The lowest BCUT2D eigenvalue weighted by molar-refractivity contribution is -0.138. The fourth-order valence-electron chi connectivity index (χ4n) is 1.61. The molecule has 0 amide bonds. The zero-order valence-electron chi connectivity index (χ0n) is 11.9. The van der Waals surface area contributed by atoms with Gasteiger partial charge in [-0.15, -0.1) is 0 Å². The SMILES string of the molecule is CC(=O)CCC(=O)COc1ccc(CC(N)C(=O)O)cc1. The van der Waals surface area contributed by atoms with E-state index in [2.05, 4.69) is 0 Å². The van der Waals surface area contributed by atoms with Crippen molar-refractivity contribution in [1.29, 1.82) is 0 Å². The van der Waals surface area contributed by atoms with Crippen LogP contribution in [0.4, 0.5) is 0 Å². The zero-order chi connectivity index (χ0) is 15.8. The number of benzene rings is 1. The molecular weight excluding hydrogens is 274 g/mol. The third-order valence-electron chi connectivity index (χ3n) is 2.85. The number of nitrogens with two attached hydrogens (primary N) is 1. The zero-order valence-corrected chi connectivity index (χ0v) is 11.9. The molecule has 0 fully saturated rings. The van der Waals surface area contributed by atoms with Gasteiger partial charge in [-0.3, -0.25) is 9.59 Å². The molecule has 0 aromatic heterocycles. The molecule has 0 bridgehead atoms. The minimum atomic E-state index is -1.05. The van der Waals surface area contributed by atoms with Gasteiger partial charge in [0.15, 0.2) is 5.78 Å². The van der Waals surface area contributed by atoms with E-state index in [0.717, 1.165) is 5.56 Å². The van der Waals surface area contributed by atoms with Gasteiger partial charge in [-0.2, -0.15) is 0 Å². The molecule has 3 N–H and O–H groups in total. The summed E-state index contributed by atoms with van der Waals surface area (Å²) in [5.74, 6) is -0.699. The van der Waals surface area contributed by atoms with Crippen molar-refractivity contribution in [1.82, 2.24) is 0 Å². The van der Waals surface area contributed by atoms with Gasteiger partial charge < -0.3 is 20.4 Å². The summed E-state index contributed by atoms with van der Waals surface area (Å²) in [6.07, 6.45) is 0.641. The Hall–Kier alpha value is -2.21. The minimum absolute atomic E-state index is 0.0255. The van der Waals surface area contributed by atoms with Crippen LogP contribution in [-0.2, 0) is 20.8 Å². The number of ether oxygens (including phenoxy) is 1. The van der Waals surface area contributed by atoms with Crippen LogP contribution < -0.4 is 10.5 Å². The van der Waals surface area contributed by atoms with Crippen LogP contribution in [0, 0.1) is 0 Å². The molecule has 1 unspecified atom stereocenters. The second-order valence-electron chi connectivity index (χ2n) is 4.82. The smallest absolute Gasteiger partial charge is 0.320 e. The van der Waals surface area contributed by atoms with Gasteiger partial charge in [0, 0.05) is 12.8 Å². The molecule has 0 aliphatic heterocycles. The van der Waals surface area contributed by atoms with Crippen molar-refractivity contribution in [3.63, 3.8) is 0 Å². The largest absolute Gasteiger partial charge is 0.486 e. The summed E-state index contributed by atoms with van der Waals surface area (Å²) in [7, 11) is 0.